The van der Waals surface area contributed by atoms with Crippen LogP contribution in [0.2, 0.25) is 0 Å². The van der Waals surface area contributed by atoms with Crippen molar-refractivity contribution in [2.75, 3.05) is 18.8 Å². The summed E-state index contributed by atoms with van der Waals surface area (Å²) in [7, 11) is 0. The van der Waals surface area contributed by atoms with Crippen LogP contribution in [0, 0.1) is 11.8 Å². The maximum absolute atomic E-state index is 11.8. The normalized spacial score (nSPS) is 11.2. The van der Waals surface area contributed by atoms with Crippen LogP contribution < -0.4 is 0 Å². The summed E-state index contributed by atoms with van der Waals surface area (Å²) in [4.78, 5) is 13.9. The monoisotopic (exact) mass is 245 g/mol. The zero-order valence-corrected chi connectivity index (χ0v) is 12.1. The van der Waals surface area contributed by atoms with Crippen molar-refractivity contribution in [2.45, 2.75) is 47.0 Å². The Morgan fingerprint density at radius 1 is 1.06 bits per heavy atom. The van der Waals surface area contributed by atoms with Crippen LogP contribution in [0.1, 0.15) is 47.0 Å². The van der Waals surface area contributed by atoms with E-state index in [9.17, 15) is 4.79 Å². The summed E-state index contributed by atoms with van der Waals surface area (Å²) >= 11 is 4.12. The second-order valence-corrected chi connectivity index (χ2v) is 5.67. The van der Waals surface area contributed by atoms with Crippen LogP contribution in [0.15, 0.2) is 0 Å². The molecule has 0 aliphatic heterocycles. The van der Waals surface area contributed by atoms with Crippen LogP contribution in [0.25, 0.3) is 0 Å². The third-order valence-electron chi connectivity index (χ3n) is 2.63. The van der Waals surface area contributed by atoms with E-state index in [-0.39, 0.29) is 5.91 Å². The molecular formula is C13H27NOS. The summed E-state index contributed by atoms with van der Waals surface area (Å²) < 4.78 is 0. The number of thiol groups is 1. The van der Waals surface area contributed by atoms with Gasteiger partial charge in [-0.3, -0.25) is 4.79 Å². The first-order chi connectivity index (χ1) is 7.47. The fourth-order valence-corrected chi connectivity index (χ4v) is 1.63. The lowest BCUT2D eigenvalue weighted by atomic mass is 10.1. The Labute approximate surface area is 106 Å². The first-order valence-corrected chi connectivity index (χ1v) is 6.99. The Kier molecular flexibility index (Phi) is 8.81. The Morgan fingerprint density at radius 2 is 1.50 bits per heavy atom. The molecule has 16 heavy (non-hydrogen) atoms. The third kappa shape index (κ3) is 8.03. The van der Waals surface area contributed by atoms with Gasteiger partial charge in [0.25, 0.3) is 0 Å². The number of hydrogen-bond donors (Lipinski definition) is 1. The van der Waals surface area contributed by atoms with Crippen LogP contribution in [-0.2, 0) is 4.79 Å². The first kappa shape index (κ1) is 15.8. The molecule has 0 bridgehead atoms. The molecule has 0 fully saturated rings. The van der Waals surface area contributed by atoms with Gasteiger partial charge in [0, 0.05) is 19.5 Å². The van der Waals surface area contributed by atoms with E-state index in [0.717, 1.165) is 25.9 Å². The van der Waals surface area contributed by atoms with Crippen molar-refractivity contribution in [1.29, 1.82) is 0 Å². The van der Waals surface area contributed by atoms with Gasteiger partial charge in [-0.1, -0.05) is 27.7 Å². The predicted octanol–water partition coefficient (Wildman–Crippen LogP) is 3.23. The van der Waals surface area contributed by atoms with E-state index >= 15 is 0 Å². The quantitative estimate of drug-likeness (QED) is 0.651. The third-order valence-corrected chi connectivity index (χ3v) is 2.85. The Hall–Kier alpha value is -0.180. The summed E-state index contributed by atoms with van der Waals surface area (Å²) in [5.41, 5.74) is 0. The molecule has 0 atom stereocenters. The van der Waals surface area contributed by atoms with Gasteiger partial charge in [-0.2, -0.15) is 12.6 Å². The van der Waals surface area contributed by atoms with Gasteiger partial charge in [-0.25, -0.2) is 0 Å². The average Bonchev–Trinajstić information content (AvgIpc) is 2.17. The van der Waals surface area contributed by atoms with E-state index in [1.807, 2.05) is 4.90 Å². The van der Waals surface area contributed by atoms with Gasteiger partial charge in [-0.05, 0) is 30.4 Å². The molecule has 0 rings (SSSR count). The van der Waals surface area contributed by atoms with Crippen molar-refractivity contribution in [3.05, 3.63) is 0 Å². The first-order valence-electron chi connectivity index (χ1n) is 6.36. The van der Waals surface area contributed by atoms with Crippen LogP contribution in [0.5, 0.6) is 0 Å². The summed E-state index contributed by atoms with van der Waals surface area (Å²) in [6.07, 6.45) is 2.76. The largest absolute Gasteiger partial charge is 0.343 e. The molecule has 0 aromatic rings. The second-order valence-electron chi connectivity index (χ2n) is 5.22. The summed E-state index contributed by atoms with van der Waals surface area (Å²) in [6, 6.07) is 0. The van der Waals surface area contributed by atoms with Gasteiger partial charge in [0.1, 0.15) is 0 Å². The van der Waals surface area contributed by atoms with Crippen molar-refractivity contribution < 1.29 is 4.79 Å². The van der Waals surface area contributed by atoms with Gasteiger partial charge >= 0.3 is 0 Å². The maximum Gasteiger partial charge on any atom is 0.223 e. The van der Waals surface area contributed by atoms with E-state index < -0.39 is 0 Å². The lowest BCUT2D eigenvalue weighted by Gasteiger charge is -2.24. The van der Waals surface area contributed by atoms with E-state index in [1.54, 1.807) is 0 Å². The fourth-order valence-electron chi connectivity index (χ4n) is 1.44. The number of hydrogen-bond acceptors (Lipinski definition) is 2. The standard InChI is InChI=1S/C13H27NOS/c1-11(2)5-8-14(9-6-12(3)4)13(15)7-10-16/h11-12,16H,5-10H2,1-4H3. The Bertz CT molecular complexity index is 180. The maximum atomic E-state index is 11.8. The minimum Gasteiger partial charge on any atom is -0.343 e. The van der Waals surface area contributed by atoms with Crippen LogP contribution >= 0.6 is 12.6 Å². The van der Waals surface area contributed by atoms with Gasteiger partial charge in [0.2, 0.25) is 5.91 Å². The second kappa shape index (κ2) is 8.91. The highest BCUT2D eigenvalue weighted by Gasteiger charge is 2.13. The molecule has 0 saturated heterocycles. The van der Waals surface area contributed by atoms with E-state index in [2.05, 4.69) is 40.3 Å². The van der Waals surface area contributed by atoms with Crippen LogP contribution in [-0.4, -0.2) is 29.6 Å². The molecule has 0 spiro atoms. The number of carbonyl (C=O) groups is 1. The van der Waals surface area contributed by atoms with Crippen molar-refractivity contribution in [3.63, 3.8) is 0 Å². The molecule has 0 saturated carbocycles. The Balaban J connectivity index is 4.09. The number of carbonyl (C=O) groups excluding carboxylic acids is 1. The number of nitrogens with zero attached hydrogens (tertiary/aromatic N) is 1. The van der Waals surface area contributed by atoms with Crippen molar-refractivity contribution >= 4 is 18.5 Å². The Morgan fingerprint density at radius 3 is 1.81 bits per heavy atom. The van der Waals surface area contributed by atoms with Gasteiger partial charge < -0.3 is 4.90 Å². The molecule has 0 aromatic heterocycles. The smallest absolute Gasteiger partial charge is 0.223 e. The molecular weight excluding hydrogens is 218 g/mol. The highest BCUT2D eigenvalue weighted by molar-refractivity contribution is 7.80. The molecule has 2 nitrogen and oxygen atoms in total. The zero-order valence-electron chi connectivity index (χ0n) is 11.2. The summed E-state index contributed by atoms with van der Waals surface area (Å²) in [5.74, 6) is 2.23. The van der Waals surface area contributed by atoms with E-state index in [0.29, 0.717) is 24.0 Å². The van der Waals surface area contributed by atoms with Gasteiger partial charge in [0.15, 0.2) is 0 Å². The summed E-state index contributed by atoms with van der Waals surface area (Å²) in [5, 5.41) is 0. The minimum atomic E-state index is 0.260. The molecule has 0 radical (unpaired) electrons. The van der Waals surface area contributed by atoms with E-state index in [4.69, 9.17) is 0 Å². The highest BCUT2D eigenvalue weighted by atomic mass is 32.1. The van der Waals surface area contributed by atoms with Crippen molar-refractivity contribution in [3.8, 4) is 0 Å². The predicted molar refractivity (Wildman–Crippen MR) is 74.0 cm³/mol. The molecule has 1 amide bonds. The van der Waals surface area contributed by atoms with Crippen LogP contribution in [0.4, 0.5) is 0 Å². The van der Waals surface area contributed by atoms with Gasteiger partial charge in [-0.15, -0.1) is 0 Å². The molecule has 0 aliphatic carbocycles. The number of rotatable bonds is 8. The van der Waals surface area contributed by atoms with Crippen molar-refractivity contribution in [1.82, 2.24) is 4.90 Å². The molecule has 96 valence electrons. The SMILES string of the molecule is CC(C)CCN(CCC(C)C)C(=O)CCS. The molecule has 0 aromatic carbocycles. The van der Waals surface area contributed by atoms with Crippen molar-refractivity contribution in [2.24, 2.45) is 11.8 Å². The minimum absolute atomic E-state index is 0.260. The lowest BCUT2D eigenvalue weighted by molar-refractivity contribution is -0.131. The summed E-state index contributed by atoms with van der Waals surface area (Å²) in [6.45, 7) is 10.6. The zero-order chi connectivity index (χ0) is 12.6. The average molecular weight is 245 g/mol. The van der Waals surface area contributed by atoms with Crippen LogP contribution in [0.3, 0.4) is 0 Å². The fraction of sp³-hybridized carbons (Fsp3) is 0.923. The van der Waals surface area contributed by atoms with Gasteiger partial charge in [0.05, 0.1) is 0 Å². The topological polar surface area (TPSA) is 20.3 Å². The van der Waals surface area contributed by atoms with E-state index in [1.165, 1.54) is 0 Å². The molecule has 0 N–H and O–H groups in total. The highest BCUT2D eigenvalue weighted by Crippen LogP contribution is 2.08. The molecule has 0 unspecified atom stereocenters. The molecule has 3 heteroatoms. The number of amides is 1. The molecule has 0 heterocycles. The lowest BCUT2D eigenvalue weighted by Crippen LogP contribution is -2.34. The molecule has 0 aliphatic rings.